The third-order valence-electron chi connectivity index (χ3n) is 2.38. The van der Waals surface area contributed by atoms with Crippen molar-refractivity contribution in [2.24, 2.45) is 17.8 Å². The van der Waals surface area contributed by atoms with Crippen LogP contribution >= 0.6 is 11.8 Å². The normalized spacial score (nSPS) is 17.4. The van der Waals surface area contributed by atoms with E-state index in [2.05, 4.69) is 34.0 Å². The molecule has 2 unspecified atom stereocenters. The molecule has 0 fully saturated rings. The zero-order valence-electron chi connectivity index (χ0n) is 7.85. The van der Waals surface area contributed by atoms with E-state index in [-0.39, 0.29) is 0 Å². The Balaban J connectivity index is 3.58. The second-order valence-electron chi connectivity index (χ2n) is 3.54. The second kappa shape index (κ2) is 5.06. The van der Waals surface area contributed by atoms with Crippen LogP contribution in [0.2, 0.25) is 0 Å². The average molecular weight is 160 g/mol. The fraction of sp³-hybridized carbons (Fsp3) is 1.00. The molecule has 0 rings (SSSR count). The van der Waals surface area contributed by atoms with Gasteiger partial charge in [0.15, 0.2) is 0 Å². The molecule has 0 aliphatic carbocycles. The maximum atomic E-state index is 2.35. The minimum atomic E-state index is 0.835. The lowest BCUT2D eigenvalue weighted by molar-refractivity contribution is 0.321. The van der Waals surface area contributed by atoms with Crippen LogP contribution < -0.4 is 0 Å². The Bertz CT molecular complexity index is 78.8. The van der Waals surface area contributed by atoms with E-state index >= 15 is 0 Å². The summed E-state index contributed by atoms with van der Waals surface area (Å²) < 4.78 is 0. The molecule has 10 heavy (non-hydrogen) atoms. The van der Waals surface area contributed by atoms with Crippen molar-refractivity contribution in [2.45, 2.75) is 27.7 Å². The molecule has 0 heterocycles. The van der Waals surface area contributed by atoms with Crippen LogP contribution in [0.5, 0.6) is 0 Å². The van der Waals surface area contributed by atoms with Gasteiger partial charge >= 0.3 is 0 Å². The Kier molecular flexibility index (Phi) is 5.24. The van der Waals surface area contributed by atoms with Crippen molar-refractivity contribution in [3.8, 4) is 0 Å². The third kappa shape index (κ3) is 3.50. The van der Waals surface area contributed by atoms with E-state index < -0.39 is 0 Å². The van der Waals surface area contributed by atoms with E-state index in [1.165, 1.54) is 5.75 Å². The van der Waals surface area contributed by atoms with Crippen molar-refractivity contribution in [1.29, 1.82) is 0 Å². The molecule has 0 saturated heterocycles. The predicted octanol–water partition coefficient (Wildman–Crippen LogP) is 3.28. The van der Waals surface area contributed by atoms with Crippen LogP contribution in [0, 0.1) is 17.8 Å². The molecule has 0 N–H and O–H groups in total. The van der Waals surface area contributed by atoms with E-state index in [1.807, 2.05) is 11.8 Å². The van der Waals surface area contributed by atoms with Gasteiger partial charge in [0.1, 0.15) is 0 Å². The lowest BCUT2D eigenvalue weighted by Gasteiger charge is -2.22. The van der Waals surface area contributed by atoms with Crippen LogP contribution in [-0.2, 0) is 0 Å². The van der Waals surface area contributed by atoms with Crippen LogP contribution in [0.25, 0.3) is 0 Å². The summed E-state index contributed by atoms with van der Waals surface area (Å²) in [5.74, 6) is 3.88. The van der Waals surface area contributed by atoms with Gasteiger partial charge in [0.25, 0.3) is 0 Å². The fourth-order valence-electron chi connectivity index (χ4n) is 1.07. The second-order valence-corrected chi connectivity index (χ2v) is 4.45. The summed E-state index contributed by atoms with van der Waals surface area (Å²) in [7, 11) is 0. The van der Waals surface area contributed by atoms with E-state index in [9.17, 15) is 0 Å². The van der Waals surface area contributed by atoms with Gasteiger partial charge in [-0.25, -0.2) is 0 Å². The Labute approximate surface area is 69.8 Å². The van der Waals surface area contributed by atoms with Crippen molar-refractivity contribution in [1.82, 2.24) is 0 Å². The maximum absolute atomic E-state index is 2.35. The quantitative estimate of drug-likeness (QED) is 0.608. The molecule has 0 radical (unpaired) electrons. The van der Waals surface area contributed by atoms with Crippen LogP contribution in [0.4, 0.5) is 0 Å². The van der Waals surface area contributed by atoms with Crippen molar-refractivity contribution < 1.29 is 0 Å². The van der Waals surface area contributed by atoms with Crippen LogP contribution in [0.1, 0.15) is 27.7 Å². The standard InChI is InChI=1S/C9H20S/c1-7(2)9(4)8(3)6-10-5/h7-9H,6H2,1-5H3. The lowest BCUT2D eigenvalue weighted by atomic mass is 9.87. The van der Waals surface area contributed by atoms with Gasteiger partial charge in [-0.2, -0.15) is 11.8 Å². The van der Waals surface area contributed by atoms with Crippen molar-refractivity contribution in [2.75, 3.05) is 12.0 Å². The minimum absolute atomic E-state index is 0.835. The summed E-state index contributed by atoms with van der Waals surface area (Å²) in [6, 6.07) is 0. The molecule has 0 spiro atoms. The lowest BCUT2D eigenvalue weighted by Crippen LogP contribution is -2.15. The Morgan fingerprint density at radius 1 is 1.10 bits per heavy atom. The molecule has 0 amide bonds. The van der Waals surface area contributed by atoms with Crippen LogP contribution in [0.3, 0.4) is 0 Å². The number of thioether (sulfide) groups is 1. The molecule has 1 heteroatoms. The van der Waals surface area contributed by atoms with E-state index in [1.54, 1.807) is 0 Å². The summed E-state index contributed by atoms with van der Waals surface area (Å²) in [6.45, 7) is 9.32. The van der Waals surface area contributed by atoms with Crippen molar-refractivity contribution in [3.05, 3.63) is 0 Å². The van der Waals surface area contributed by atoms with Gasteiger partial charge in [0, 0.05) is 0 Å². The number of hydrogen-bond donors (Lipinski definition) is 0. The molecule has 0 nitrogen and oxygen atoms in total. The maximum Gasteiger partial charge on any atom is -0.00419 e. The first kappa shape index (κ1) is 10.3. The number of hydrogen-bond acceptors (Lipinski definition) is 1. The molecular weight excluding hydrogens is 140 g/mol. The fourth-order valence-corrected chi connectivity index (χ4v) is 1.90. The SMILES string of the molecule is CSCC(C)C(C)C(C)C. The van der Waals surface area contributed by atoms with Crippen LogP contribution in [-0.4, -0.2) is 12.0 Å². The largest absolute Gasteiger partial charge is 0.165 e. The molecule has 2 atom stereocenters. The zero-order chi connectivity index (χ0) is 8.15. The monoisotopic (exact) mass is 160 g/mol. The highest BCUT2D eigenvalue weighted by molar-refractivity contribution is 7.98. The topological polar surface area (TPSA) is 0 Å². The Morgan fingerprint density at radius 2 is 1.60 bits per heavy atom. The molecule has 62 valence electrons. The van der Waals surface area contributed by atoms with Gasteiger partial charge in [0.05, 0.1) is 0 Å². The molecule has 0 aromatic rings. The highest BCUT2D eigenvalue weighted by Gasteiger charge is 2.14. The minimum Gasteiger partial charge on any atom is -0.165 e. The van der Waals surface area contributed by atoms with Gasteiger partial charge in [0.2, 0.25) is 0 Å². The highest BCUT2D eigenvalue weighted by Crippen LogP contribution is 2.22. The molecular formula is C9H20S. The van der Waals surface area contributed by atoms with Gasteiger partial charge < -0.3 is 0 Å². The van der Waals surface area contributed by atoms with Crippen molar-refractivity contribution >= 4 is 11.8 Å². The molecule has 0 aromatic carbocycles. The Hall–Kier alpha value is 0.350. The molecule has 0 aliphatic heterocycles. The summed E-state index contributed by atoms with van der Waals surface area (Å²) in [5.41, 5.74) is 0. The molecule has 0 saturated carbocycles. The molecule has 0 aliphatic rings. The molecule has 0 aromatic heterocycles. The Morgan fingerprint density at radius 3 is 1.90 bits per heavy atom. The van der Waals surface area contributed by atoms with Gasteiger partial charge in [-0.1, -0.05) is 27.7 Å². The van der Waals surface area contributed by atoms with Crippen molar-refractivity contribution in [3.63, 3.8) is 0 Å². The average Bonchev–Trinajstić information content (AvgIpc) is 1.87. The zero-order valence-corrected chi connectivity index (χ0v) is 8.66. The summed E-state index contributed by atoms with van der Waals surface area (Å²) >= 11 is 1.96. The summed E-state index contributed by atoms with van der Waals surface area (Å²) in [4.78, 5) is 0. The smallest absolute Gasteiger partial charge is 0.00419 e. The molecule has 0 bridgehead atoms. The summed E-state index contributed by atoms with van der Waals surface area (Å²) in [5, 5.41) is 0. The number of rotatable bonds is 4. The van der Waals surface area contributed by atoms with Gasteiger partial charge in [-0.15, -0.1) is 0 Å². The predicted molar refractivity (Wildman–Crippen MR) is 51.5 cm³/mol. The van der Waals surface area contributed by atoms with Gasteiger partial charge in [-0.05, 0) is 29.8 Å². The first-order chi connectivity index (χ1) is 4.59. The first-order valence-electron chi connectivity index (χ1n) is 4.08. The van der Waals surface area contributed by atoms with E-state index in [0.29, 0.717) is 0 Å². The third-order valence-corrected chi connectivity index (χ3v) is 3.24. The highest BCUT2D eigenvalue weighted by atomic mass is 32.2. The first-order valence-corrected chi connectivity index (χ1v) is 5.48. The van der Waals surface area contributed by atoms with Gasteiger partial charge in [-0.3, -0.25) is 0 Å². The van der Waals surface area contributed by atoms with Crippen LogP contribution in [0.15, 0.2) is 0 Å². The summed E-state index contributed by atoms with van der Waals surface area (Å²) in [6.07, 6.45) is 2.18. The van der Waals surface area contributed by atoms with E-state index in [0.717, 1.165) is 17.8 Å². The van der Waals surface area contributed by atoms with E-state index in [4.69, 9.17) is 0 Å².